The molecule has 0 fully saturated rings. The van der Waals surface area contributed by atoms with E-state index in [1.165, 1.54) is 0 Å². The van der Waals surface area contributed by atoms with Crippen molar-refractivity contribution in [1.82, 2.24) is 9.38 Å². The normalized spacial score (nSPS) is 12.1. The second-order valence-electron chi connectivity index (χ2n) is 3.73. The smallest absolute Gasteiger partial charge is 0.178 e. The van der Waals surface area contributed by atoms with E-state index in [0.29, 0.717) is 17.0 Å². The number of aromatic nitrogens is 2. The van der Waals surface area contributed by atoms with Crippen LogP contribution in [0.1, 0.15) is 19.8 Å². The molecular formula is C11H14N2O2S. The van der Waals surface area contributed by atoms with E-state index in [1.54, 1.807) is 35.1 Å². The standard InChI is InChI=1S/C11H14N2O2S/c1-2-3-8-16(14,15)10-4-6-13-7-5-12-11(13)9-10/h4-7,9H,2-3,8H2,1H3. The summed E-state index contributed by atoms with van der Waals surface area (Å²) in [5.74, 6) is 0.209. The average Bonchev–Trinajstić information content (AvgIpc) is 2.73. The van der Waals surface area contributed by atoms with Gasteiger partial charge in [-0.25, -0.2) is 13.4 Å². The molecular weight excluding hydrogens is 224 g/mol. The summed E-state index contributed by atoms with van der Waals surface area (Å²) in [5.41, 5.74) is 0.664. The predicted molar refractivity (Wildman–Crippen MR) is 62.2 cm³/mol. The molecule has 0 aliphatic heterocycles. The van der Waals surface area contributed by atoms with Crippen LogP contribution in [0.2, 0.25) is 0 Å². The van der Waals surface area contributed by atoms with Crippen molar-refractivity contribution in [2.75, 3.05) is 5.75 Å². The molecule has 0 spiro atoms. The Hall–Kier alpha value is -1.36. The molecule has 0 N–H and O–H groups in total. The Balaban J connectivity index is 2.39. The molecule has 0 radical (unpaired) electrons. The van der Waals surface area contributed by atoms with Crippen molar-refractivity contribution in [1.29, 1.82) is 0 Å². The number of nitrogens with zero attached hydrogens (tertiary/aromatic N) is 2. The molecule has 5 heteroatoms. The number of rotatable bonds is 4. The van der Waals surface area contributed by atoms with Gasteiger partial charge in [0, 0.05) is 18.6 Å². The predicted octanol–water partition coefficient (Wildman–Crippen LogP) is 1.91. The zero-order chi connectivity index (χ0) is 11.6. The van der Waals surface area contributed by atoms with Gasteiger partial charge in [0.25, 0.3) is 0 Å². The summed E-state index contributed by atoms with van der Waals surface area (Å²) in [6, 6.07) is 3.24. The number of pyridine rings is 1. The molecule has 4 nitrogen and oxygen atoms in total. The number of fused-ring (bicyclic) bond motifs is 1. The summed E-state index contributed by atoms with van der Waals surface area (Å²) >= 11 is 0. The summed E-state index contributed by atoms with van der Waals surface area (Å²) in [6.07, 6.45) is 6.74. The van der Waals surface area contributed by atoms with Gasteiger partial charge < -0.3 is 4.40 Å². The molecule has 0 amide bonds. The minimum absolute atomic E-state index is 0.209. The van der Waals surface area contributed by atoms with Crippen molar-refractivity contribution in [3.05, 3.63) is 30.7 Å². The minimum atomic E-state index is -3.15. The first-order valence-corrected chi connectivity index (χ1v) is 6.94. The third-order valence-corrected chi connectivity index (χ3v) is 4.29. The molecule has 0 bridgehead atoms. The first-order chi connectivity index (χ1) is 7.63. The highest BCUT2D eigenvalue weighted by molar-refractivity contribution is 7.91. The van der Waals surface area contributed by atoms with Crippen LogP contribution in [-0.2, 0) is 9.84 Å². The second kappa shape index (κ2) is 4.25. The zero-order valence-electron chi connectivity index (χ0n) is 9.13. The van der Waals surface area contributed by atoms with Crippen LogP contribution in [0.25, 0.3) is 5.65 Å². The Kier molecular flexibility index (Phi) is 2.96. The molecule has 2 aromatic rings. The fourth-order valence-electron chi connectivity index (χ4n) is 1.54. The molecule has 0 unspecified atom stereocenters. The lowest BCUT2D eigenvalue weighted by Crippen LogP contribution is -2.07. The fourth-order valence-corrected chi connectivity index (χ4v) is 2.99. The van der Waals surface area contributed by atoms with Crippen LogP contribution in [0.4, 0.5) is 0 Å². The van der Waals surface area contributed by atoms with Gasteiger partial charge in [0.15, 0.2) is 9.84 Å². The molecule has 0 saturated carbocycles. The maximum Gasteiger partial charge on any atom is 0.178 e. The SMILES string of the molecule is CCCCS(=O)(=O)c1ccn2ccnc2c1. The second-order valence-corrected chi connectivity index (χ2v) is 5.84. The number of sulfone groups is 1. The lowest BCUT2D eigenvalue weighted by atomic mass is 10.4. The third-order valence-electron chi connectivity index (χ3n) is 2.50. The number of imidazole rings is 1. The van der Waals surface area contributed by atoms with Crippen molar-refractivity contribution in [2.24, 2.45) is 0 Å². The van der Waals surface area contributed by atoms with E-state index >= 15 is 0 Å². The van der Waals surface area contributed by atoms with Gasteiger partial charge in [-0.3, -0.25) is 0 Å². The monoisotopic (exact) mass is 238 g/mol. The summed E-state index contributed by atoms with van der Waals surface area (Å²) in [4.78, 5) is 4.43. The molecule has 0 aliphatic carbocycles. The van der Waals surface area contributed by atoms with Crippen molar-refractivity contribution in [2.45, 2.75) is 24.7 Å². The Bertz CT molecular complexity index is 587. The van der Waals surface area contributed by atoms with Crippen molar-refractivity contribution in [3.8, 4) is 0 Å². The van der Waals surface area contributed by atoms with Gasteiger partial charge in [-0.05, 0) is 18.6 Å². The molecule has 0 aliphatic rings. The highest BCUT2D eigenvalue weighted by Gasteiger charge is 2.14. The number of hydrogen-bond donors (Lipinski definition) is 0. The minimum Gasteiger partial charge on any atom is -0.307 e. The molecule has 2 rings (SSSR count). The highest BCUT2D eigenvalue weighted by Crippen LogP contribution is 2.14. The van der Waals surface area contributed by atoms with Gasteiger partial charge in [0.2, 0.25) is 0 Å². The lowest BCUT2D eigenvalue weighted by Gasteiger charge is -2.03. The van der Waals surface area contributed by atoms with E-state index in [4.69, 9.17) is 0 Å². The molecule has 16 heavy (non-hydrogen) atoms. The van der Waals surface area contributed by atoms with Crippen LogP contribution in [-0.4, -0.2) is 23.6 Å². The Morgan fingerprint density at radius 3 is 2.94 bits per heavy atom. The Morgan fingerprint density at radius 1 is 1.38 bits per heavy atom. The summed E-state index contributed by atoms with van der Waals surface area (Å²) < 4.78 is 25.6. The largest absolute Gasteiger partial charge is 0.307 e. The average molecular weight is 238 g/mol. The molecule has 86 valence electrons. The van der Waals surface area contributed by atoms with E-state index < -0.39 is 9.84 Å². The van der Waals surface area contributed by atoms with Gasteiger partial charge in [-0.1, -0.05) is 13.3 Å². The summed E-state index contributed by atoms with van der Waals surface area (Å²) in [6.45, 7) is 1.98. The van der Waals surface area contributed by atoms with E-state index in [2.05, 4.69) is 4.98 Å². The van der Waals surface area contributed by atoms with Crippen LogP contribution >= 0.6 is 0 Å². The van der Waals surface area contributed by atoms with E-state index in [-0.39, 0.29) is 5.75 Å². The van der Waals surface area contributed by atoms with E-state index in [9.17, 15) is 8.42 Å². The maximum atomic E-state index is 11.9. The van der Waals surface area contributed by atoms with Crippen molar-refractivity contribution >= 4 is 15.5 Å². The third kappa shape index (κ3) is 2.09. The van der Waals surface area contributed by atoms with Crippen molar-refractivity contribution < 1.29 is 8.42 Å². The molecule has 0 saturated heterocycles. The van der Waals surface area contributed by atoms with Gasteiger partial charge >= 0.3 is 0 Å². The van der Waals surface area contributed by atoms with Crippen LogP contribution in [0.15, 0.2) is 35.6 Å². The zero-order valence-corrected chi connectivity index (χ0v) is 9.94. The van der Waals surface area contributed by atoms with Crippen LogP contribution < -0.4 is 0 Å². The number of hydrogen-bond acceptors (Lipinski definition) is 3. The Labute approximate surface area is 94.9 Å². The Morgan fingerprint density at radius 2 is 2.19 bits per heavy atom. The summed E-state index contributed by atoms with van der Waals surface area (Å²) in [5, 5.41) is 0. The molecule has 0 aromatic carbocycles. The van der Waals surface area contributed by atoms with Gasteiger partial charge in [-0.2, -0.15) is 0 Å². The number of unbranched alkanes of at least 4 members (excludes halogenated alkanes) is 1. The van der Waals surface area contributed by atoms with E-state index in [1.807, 2.05) is 6.92 Å². The molecule has 0 atom stereocenters. The van der Waals surface area contributed by atoms with Gasteiger partial charge in [0.1, 0.15) is 5.65 Å². The van der Waals surface area contributed by atoms with Gasteiger partial charge in [0.05, 0.1) is 10.6 Å². The van der Waals surface area contributed by atoms with Gasteiger partial charge in [-0.15, -0.1) is 0 Å². The summed E-state index contributed by atoms with van der Waals surface area (Å²) in [7, 11) is -3.15. The molecule has 2 heterocycles. The van der Waals surface area contributed by atoms with Crippen LogP contribution in [0, 0.1) is 0 Å². The quantitative estimate of drug-likeness (QED) is 0.817. The topological polar surface area (TPSA) is 51.4 Å². The van der Waals surface area contributed by atoms with Crippen LogP contribution in [0.3, 0.4) is 0 Å². The van der Waals surface area contributed by atoms with E-state index in [0.717, 1.165) is 6.42 Å². The van der Waals surface area contributed by atoms with Crippen LogP contribution in [0.5, 0.6) is 0 Å². The maximum absolute atomic E-state index is 11.9. The highest BCUT2D eigenvalue weighted by atomic mass is 32.2. The van der Waals surface area contributed by atoms with Crippen molar-refractivity contribution in [3.63, 3.8) is 0 Å². The molecule has 2 aromatic heterocycles. The lowest BCUT2D eigenvalue weighted by molar-refractivity contribution is 0.592. The first kappa shape index (κ1) is 11.1. The first-order valence-electron chi connectivity index (χ1n) is 5.29. The fraction of sp³-hybridized carbons (Fsp3) is 0.364.